The van der Waals surface area contributed by atoms with Crippen molar-refractivity contribution in [2.24, 2.45) is 0 Å². The number of rotatable bonds is 2. The van der Waals surface area contributed by atoms with E-state index < -0.39 is 0 Å². The van der Waals surface area contributed by atoms with Gasteiger partial charge >= 0.3 is 0 Å². The van der Waals surface area contributed by atoms with E-state index in [1.54, 1.807) is 11.8 Å². The molecule has 3 rings (SSSR count). The summed E-state index contributed by atoms with van der Waals surface area (Å²) in [5, 5.41) is 9.23. The Balaban J connectivity index is 2.14. The van der Waals surface area contributed by atoms with Crippen LogP contribution in [-0.2, 0) is 6.61 Å². The predicted octanol–water partition coefficient (Wildman–Crippen LogP) is 3.80. The Morgan fingerprint density at radius 1 is 1.06 bits per heavy atom. The molecule has 0 atom stereocenters. The average Bonchev–Trinajstić information content (AvgIpc) is 2.44. The van der Waals surface area contributed by atoms with Crippen LogP contribution in [0, 0.1) is 0 Å². The highest BCUT2D eigenvalue weighted by Gasteiger charge is 2.21. The third kappa shape index (κ3) is 1.80. The van der Waals surface area contributed by atoms with Gasteiger partial charge in [0.1, 0.15) is 0 Å². The Hall–Kier alpha value is -1.45. The highest BCUT2D eigenvalue weighted by Crippen LogP contribution is 2.47. The van der Waals surface area contributed by atoms with Gasteiger partial charge in [0, 0.05) is 16.3 Å². The molecule has 0 saturated heterocycles. The van der Waals surface area contributed by atoms with E-state index in [0.29, 0.717) is 0 Å². The minimum atomic E-state index is 0.0988. The van der Waals surface area contributed by atoms with Crippen molar-refractivity contribution >= 4 is 23.1 Å². The van der Waals surface area contributed by atoms with Crippen LogP contribution in [0.4, 0.5) is 11.4 Å². The Morgan fingerprint density at radius 3 is 2.61 bits per heavy atom. The molecule has 1 aliphatic heterocycles. The molecule has 3 heteroatoms. The Labute approximate surface area is 111 Å². The number of anilines is 2. The second-order valence-corrected chi connectivity index (χ2v) is 5.36. The van der Waals surface area contributed by atoms with Crippen LogP contribution in [0.2, 0.25) is 0 Å². The van der Waals surface area contributed by atoms with Crippen molar-refractivity contribution in [3.63, 3.8) is 0 Å². The fourth-order valence-corrected chi connectivity index (χ4v) is 3.48. The first-order valence-corrected chi connectivity index (χ1v) is 6.93. The lowest BCUT2D eigenvalue weighted by atomic mass is 10.1. The summed E-state index contributed by atoms with van der Waals surface area (Å²) in [6, 6.07) is 14.6. The van der Waals surface area contributed by atoms with Gasteiger partial charge in [0.05, 0.1) is 18.0 Å². The molecule has 2 aromatic carbocycles. The maximum Gasteiger partial charge on any atom is 0.0682 e. The van der Waals surface area contributed by atoms with Gasteiger partial charge in [-0.25, -0.2) is 0 Å². The molecule has 18 heavy (non-hydrogen) atoms. The molecule has 0 spiro atoms. The van der Waals surface area contributed by atoms with Crippen molar-refractivity contribution in [3.8, 4) is 0 Å². The lowest BCUT2D eigenvalue weighted by Crippen LogP contribution is -2.19. The van der Waals surface area contributed by atoms with Gasteiger partial charge in [-0.05, 0) is 36.8 Å². The molecule has 0 fully saturated rings. The lowest BCUT2D eigenvalue weighted by Gasteiger charge is -2.32. The third-order valence-electron chi connectivity index (χ3n) is 3.19. The molecule has 2 nitrogen and oxygen atoms in total. The standard InChI is InChI=1S/C15H15NOS/c1-2-16-12-5-3-4-6-14(12)18-15-9-11(10-17)7-8-13(15)16/h3-9,17H,2,10H2,1H3. The predicted molar refractivity (Wildman–Crippen MR) is 75.6 cm³/mol. The molecule has 0 amide bonds. The third-order valence-corrected chi connectivity index (χ3v) is 4.30. The summed E-state index contributed by atoms with van der Waals surface area (Å²) in [4.78, 5) is 4.83. The molecular formula is C15H15NOS. The first kappa shape index (κ1) is 11.6. The van der Waals surface area contributed by atoms with Gasteiger partial charge in [0.15, 0.2) is 0 Å². The van der Waals surface area contributed by atoms with E-state index in [1.807, 2.05) is 6.07 Å². The molecule has 2 aromatic rings. The zero-order valence-corrected chi connectivity index (χ0v) is 11.1. The molecule has 1 N–H and O–H groups in total. The Kier molecular flexibility index (Phi) is 3.02. The van der Waals surface area contributed by atoms with Crippen molar-refractivity contribution in [1.82, 2.24) is 0 Å². The zero-order valence-electron chi connectivity index (χ0n) is 10.3. The largest absolute Gasteiger partial charge is 0.392 e. The van der Waals surface area contributed by atoms with Crippen molar-refractivity contribution < 1.29 is 5.11 Å². The summed E-state index contributed by atoms with van der Waals surface area (Å²) < 4.78 is 0. The minimum Gasteiger partial charge on any atom is -0.392 e. The summed E-state index contributed by atoms with van der Waals surface area (Å²) in [6.45, 7) is 3.21. The van der Waals surface area contributed by atoms with Crippen LogP contribution < -0.4 is 4.90 Å². The monoisotopic (exact) mass is 257 g/mol. The van der Waals surface area contributed by atoms with Crippen molar-refractivity contribution in [3.05, 3.63) is 48.0 Å². The summed E-state index contributed by atoms with van der Waals surface area (Å²) in [7, 11) is 0. The van der Waals surface area contributed by atoms with Crippen LogP contribution in [0.1, 0.15) is 12.5 Å². The molecule has 1 heterocycles. The van der Waals surface area contributed by atoms with Crippen LogP contribution in [0.15, 0.2) is 52.3 Å². The van der Waals surface area contributed by atoms with Gasteiger partial charge < -0.3 is 10.0 Å². The van der Waals surface area contributed by atoms with Gasteiger partial charge in [0.2, 0.25) is 0 Å². The van der Waals surface area contributed by atoms with E-state index in [0.717, 1.165) is 12.1 Å². The minimum absolute atomic E-state index is 0.0988. The second-order valence-electron chi connectivity index (χ2n) is 4.27. The van der Waals surface area contributed by atoms with Gasteiger partial charge in [-0.1, -0.05) is 30.0 Å². The molecule has 0 bridgehead atoms. The van der Waals surface area contributed by atoms with E-state index in [2.05, 4.69) is 48.2 Å². The van der Waals surface area contributed by atoms with Gasteiger partial charge in [-0.15, -0.1) is 0 Å². The van der Waals surface area contributed by atoms with Crippen molar-refractivity contribution in [2.75, 3.05) is 11.4 Å². The van der Waals surface area contributed by atoms with Crippen LogP contribution in [0.25, 0.3) is 0 Å². The highest BCUT2D eigenvalue weighted by molar-refractivity contribution is 7.99. The fraction of sp³-hybridized carbons (Fsp3) is 0.200. The van der Waals surface area contributed by atoms with E-state index >= 15 is 0 Å². The summed E-state index contributed by atoms with van der Waals surface area (Å²) in [5.41, 5.74) is 3.48. The molecule has 0 aromatic heterocycles. The van der Waals surface area contributed by atoms with Crippen LogP contribution in [0.3, 0.4) is 0 Å². The number of para-hydroxylation sites is 1. The number of aliphatic hydroxyl groups excluding tert-OH is 1. The number of hydrogen-bond acceptors (Lipinski definition) is 3. The number of hydrogen-bond donors (Lipinski definition) is 1. The Bertz CT molecular complexity index is 582. The van der Waals surface area contributed by atoms with E-state index in [-0.39, 0.29) is 6.61 Å². The average molecular weight is 257 g/mol. The number of fused-ring (bicyclic) bond motifs is 2. The Morgan fingerprint density at radius 2 is 1.83 bits per heavy atom. The maximum absolute atomic E-state index is 9.23. The van der Waals surface area contributed by atoms with Gasteiger partial charge in [-0.2, -0.15) is 0 Å². The summed E-state index contributed by atoms with van der Waals surface area (Å²) in [6.07, 6.45) is 0. The molecule has 0 aliphatic carbocycles. The number of nitrogens with zero attached hydrogens (tertiary/aromatic N) is 1. The normalized spacial score (nSPS) is 13.1. The quantitative estimate of drug-likeness (QED) is 0.885. The van der Waals surface area contributed by atoms with E-state index in [4.69, 9.17) is 0 Å². The molecule has 92 valence electrons. The van der Waals surface area contributed by atoms with Gasteiger partial charge in [-0.3, -0.25) is 0 Å². The second kappa shape index (κ2) is 4.67. The van der Waals surface area contributed by atoms with Crippen molar-refractivity contribution in [2.45, 2.75) is 23.3 Å². The number of aliphatic hydroxyl groups is 1. The first-order chi connectivity index (χ1) is 8.83. The fourth-order valence-electron chi connectivity index (χ4n) is 2.32. The topological polar surface area (TPSA) is 23.5 Å². The van der Waals surface area contributed by atoms with E-state index in [9.17, 15) is 5.11 Å². The lowest BCUT2D eigenvalue weighted by molar-refractivity contribution is 0.281. The molecular weight excluding hydrogens is 242 g/mol. The molecule has 0 unspecified atom stereocenters. The van der Waals surface area contributed by atoms with Crippen LogP contribution >= 0.6 is 11.8 Å². The number of benzene rings is 2. The smallest absolute Gasteiger partial charge is 0.0682 e. The van der Waals surface area contributed by atoms with Crippen LogP contribution in [-0.4, -0.2) is 11.7 Å². The summed E-state index contributed by atoms with van der Waals surface area (Å²) in [5.74, 6) is 0. The maximum atomic E-state index is 9.23. The zero-order chi connectivity index (χ0) is 12.5. The SMILES string of the molecule is CCN1c2ccccc2Sc2cc(CO)ccc21. The van der Waals surface area contributed by atoms with Crippen LogP contribution in [0.5, 0.6) is 0 Å². The first-order valence-electron chi connectivity index (χ1n) is 6.11. The van der Waals surface area contributed by atoms with E-state index in [1.165, 1.54) is 21.2 Å². The van der Waals surface area contributed by atoms with Gasteiger partial charge in [0.25, 0.3) is 0 Å². The molecule has 0 radical (unpaired) electrons. The molecule has 0 saturated carbocycles. The molecule has 1 aliphatic rings. The summed E-state index contributed by atoms with van der Waals surface area (Å²) >= 11 is 1.78. The highest BCUT2D eigenvalue weighted by atomic mass is 32.2. The van der Waals surface area contributed by atoms with Crippen molar-refractivity contribution in [1.29, 1.82) is 0 Å².